The van der Waals surface area contributed by atoms with Crippen LogP contribution in [0.25, 0.3) is 0 Å². The van der Waals surface area contributed by atoms with Crippen molar-refractivity contribution in [1.82, 2.24) is 4.72 Å². The fraction of sp³-hybridized carbons (Fsp3) is 0.533. The van der Waals surface area contributed by atoms with E-state index in [2.05, 4.69) is 10.0 Å². The van der Waals surface area contributed by atoms with E-state index >= 15 is 0 Å². The number of nitrogens with two attached hydrogens (primary N) is 1. The maximum atomic E-state index is 12.3. The van der Waals surface area contributed by atoms with Gasteiger partial charge in [-0.05, 0) is 49.9 Å². The summed E-state index contributed by atoms with van der Waals surface area (Å²) in [7, 11) is -3.53. The second-order valence-electron chi connectivity index (χ2n) is 5.66. The van der Waals surface area contributed by atoms with Crippen LogP contribution in [-0.2, 0) is 14.8 Å². The molecule has 0 aromatic heterocycles. The van der Waals surface area contributed by atoms with Crippen LogP contribution in [0.2, 0.25) is 0 Å². The number of sulfonamides is 1. The number of nitrogens with one attached hydrogen (secondary N) is 2. The largest absolute Gasteiger partial charge is 0.328 e. The van der Waals surface area contributed by atoms with Crippen LogP contribution in [0.15, 0.2) is 29.2 Å². The third-order valence-electron chi connectivity index (χ3n) is 3.86. The Hall–Kier alpha value is -1.15. The van der Waals surface area contributed by atoms with Gasteiger partial charge in [0.15, 0.2) is 0 Å². The molecule has 1 amide bonds. The van der Waals surface area contributed by atoms with E-state index in [4.69, 9.17) is 5.73 Å². The van der Waals surface area contributed by atoms with Crippen molar-refractivity contribution in [3.8, 4) is 0 Å². The third-order valence-corrected chi connectivity index (χ3v) is 5.40. The molecule has 1 aromatic rings. The van der Waals surface area contributed by atoms with Crippen LogP contribution in [0.5, 0.6) is 0 Å². The Bertz CT molecular complexity index is 611. The summed E-state index contributed by atoms with van der Waals surface area (Å²) in [5.74, 6) is -0.104. The summed E-state index contributed by atoms with van der Waals surface area (Å²) >= 11 is 0. The smallest absolute Gasteiger partial charge is 0.240 e. The molecular weight excluding hydrogens is 338 g/mol. The number of hydrogen-bond donors (Lipinski definition) is 3. The highest BCUT2D eigenvalue weighted by atomic mass is 35.5. The summed E-state index contributed by atoms with van der Waals surface area (Å²) in [6.45, 7) is 1.76. The Balaban J connectivity index is 0.00000264. The maximum Gasteiger partial charge on any atom is 0.240 e. The minimum Gasteiger partial charge on any atom is -0.328 e. The molecule has 8 heteroatoms. The SMILES string of the molecule is CCC(=O)Nc1ccc(S(=O)(=O)NC2CCC(N)CC2)cc1.Cl. The van der Waals surface area contributed by atoms with Crippen molar-refractivity contribution < 1.29 is 13.2 Å². The third kappa shape index (κ3) is 5.76. The number of hydrogen-bond acceptors (Lipinski definition) is 4. The molecule has 0 aliphatic heterocycles. The van der Waals surface area contributed by atoms with Crippen molar-refractivity contribution in [2.45, 2.75) is 56.0 Å². The predicted molar refractivity (Wildman–Crippen MR) is 93.2 cm³/mol. The van der Waals surface area contributed by atoms with E-state index in [0.717, 1.165) is 25.7 Å². The Morgan fingerprint density at radius 1 is 1.17 bits per heavy atom. The number of carbonyl (C=O) groups is 1. The van der Waals surface area contributed by atoms with Crippen LogP contribution in [0.3, 0.4) is 0 Å². The highest BCUT2D eigenvalue weighted by molar-refractivity contribution is 7.89. The molecule has 0 radical (unpaired) electrons. The van der Waals surface area contributed by atoms with Crippen molar-refractivity contribution in [2.24, 2.45) is 5.73 Å². The first-order valence-electron chi connectivity index (χ1n) is 7.58. The number of rotatable bonds is 5. The first-order valence-corrected chi connectivity index (χ1v) is 9.07. The highest BCUT2D eigenvalue weighted by Gasteiger charge is 2.24. The lowest BCUT2D eigenvalue weighted by Gasteiger charge is -2.26. The summed E-state index contributed by atoms with van der Waals surface area (Å²) in [5.41, 5.74) is 6.42. The summed E-state index contributed by atoms with van der Waals surface area (Å²) in [4.78, 5) is 11.5. The summed E-state index contributed by atoms with van der Waals surface area (Å²) in [6, 6.07) is 6.33. The Morgan fingerprint density at radius 2 is 1.74 bits per heavy atom. The van der Waals surface area contributed by atoms with Gasteiger partial charge in [-0.15, -0.1) is 12.4 Å². The molecule has 6 nitrogen and oxygen atoms in total. The minimum atomic E-state index is -3.53. The molecule has 0 atom stereocenters. The predicted octanol–water partition coefficient (Wildman–Crippen LogP) is 2.01. The molecule has 1 aliphatic carbocycles. The van der Waals surface area contributed by atoms with E-state index in [0.29, 0.717) is 12.1 Å². The van der Waals surface area contributed by atoms with Crippen molar-refractivity contribution in [1.29, 1.82) is 0 Å². The van der Waals surface area contributed by atoms with Gasteiger partial charge in [-0.2, -0.15) is 0 Å². The van der Waals surface area contributed by atoms with Crippen molar-refractivity contribution in [3.05, 3.63) is 24.3 Å². The molecule has 4 N–H and O–H groups in total. The number of amides is 1. The fourth-order valence-corrected chi connectivity index (χ4v) is 3.80. The topological polar surface area (TPSA) is 101 Å². The molecule has 0 saturated heterocycles. The van der Waals surface area contributed by atoms with E-state index in [-0.39, 0.29) is 35.3 Å². The van der Waals surface area contributed by atoms with Crippen molar-refractivity contribution in [3.63, 3.8) is 0 Å². The molecule has 0 unspecified atom stereocenters. The minimum absolute atomic E-state index is 0. The number of carbonyl (C=O) groups excluding carboxylic acids is 1. The van der Waals surface area contributed by atoms with E-state index < -0.39 is 10.0 Å². The zero-order chi connectivity index (χ0) is 16.2. The lowest BCUT2D eigenvalue weighted by Crippen LogP contribution is -2.40. The second-order valence-corrected chi connectivity index (χ2v) is 7.37. The van der Waals surface area contributed by atoms with E-state index in [1.54, 1.807) is 19.1 Å². The van der Waals surface area contributed by atoms with Gasteiger partial charge >= 0.3 is 0 Å². The van der Waals surface area contributed by atoms with Crippen LogP contribution in [-0.4, -0.2) is 26.4 Å². The van der Waals surface area contributed by atoms with Gasteiger partial charge in [0.1, 0.15) is 0 Å². The molecule has 1 fully saturated rings. The van der Waals surface area contributed by atoms with E-state index in [1.807, 2.05) is 0 Å². The van der Waals surface area contributed by atoms with Gasteiger partial charge in [-0.1, -0.05) is 6.92 Å². The molecule has 0 bridgehead atoms. The first-order chi connectivity index (χ1) is 10.4. The molecule has 1 aromatic carbocycles. The molecule has 1 aliphatic rings. The Morgan fingerprint density at radius 3 is 2.26 bits per heavy atom. The standard InChI is InChI=1S/C15H23N3O3S.ClH/c1-2-15(19)17-12-7-9-14(10-8-12)22(20,21)18-13-5-3-11(16)4-6-13;/h7-11,13,18H,2-6,16H2,1H3,(H,17,19);1H. The zero-order valence-electron chi connectivity index (χ0n) is 13.1. The van der Waals surface area contributed by atoms with E-state index in [9.17, 15) is 13.2 Å². The van der Waals surface area contributed by atoms with Crippen LogP contribution in [0, 0.1) is 0 Å². The number of anilines is 1. The Kier molecular flexibility index (Phi) is 7.47. The van der Waals surface area contributed by atoms with Gasteiger partial charge in [0.05, 0.1) is 4.90 Å². The first kappa shape index (κ1) is 19.9. The summed E-state index contributed by atoms with van der Waals surface area (Å²) in [5, 5.41) is 2.69. The van der Waals surface area contributed by atoms with Gasteiger partial charge in [-0.25, -0.2) is 13.1 Å². The quantitative estimate of drug-likeness (QED) is 0.746. The maximum absolute atomic E-state index is 12.3. The lowest BCUT2D eigenvalue weighted by molar-refractivity contribution is -0.115. The van der Waals surface area contributed by atoms with Crippen LogP contribution in [0.1, 0.15) is 39.0 Å². The lowest BCUT2D eigenvalue weighted by atomic mass is 9.93. The van der Waals surface area contributed by atoms with Gasteiger partial charge in [0.25, 0.3) is 0 Å². The Labute approximate surface area is 143 Å². The molecular formula is C15H24ClN3O3S. The average Bonchev–Trinajstić information content (AvgIpc) is 2.50. The monoisotopic (exact) mass is 361 g/mol. The molecule has 1 saturated carbocycles. The van der Waals surface area contributed by atoms with Crippen molar-refractivity contribution in [2.75, 3.05) is 5.32 Å². The highest BCUT2D eigenvalue weighted by Crippen LogP contribution is 2.20. The van der Waals surface area contributed by atoms with Crippen LogP contribution < -0.4 is 15.8 Å². The second kappa shape index (κ2) is 8.63. The van der Waals surface area contributed by atoms with Gasteiger partial charge < -0.3 is 11.1 Å². The molecule has 130 valence electrons. The molecule has 0 spiro atoms. The summed E-state index contributed by atoms with van der Waals surface area (Å²) < 4.78 is 27.4. The number of benzene rings is 1. The van der Waals surface area contributed by atoms with Gasteiger partial charge in [-0.3, -0.25) is 4.79 Å². The van der Waals surface area contributed by atoms with Gasteiger partial charge in [0, 0.05) is 24.2 Å². The molecule has 0 heterocycles. The van der Waals surface area contributed by atoms with Crippen LogP contribution >= 0.6 is 12.4 Å². The number of halogens is 1. The van der Waals surface area contributed by atoms with Gasteiger partial charge in [0.2, 0.25) is 15.9 Å². The average molecular weight is 362 g/mol. The zero-order valence-corrected chi connectivity index (χ0v) is 14.8. The molecule has 2 rings (SSSR count). The van der Waals surface area contributed by atoms with E-state index in [1.165, 1.54) is 12.1 Å². The molecule has 23 heavy (non-hydrogen) atoms. The fourth-order valence-electron chi connectivity index (χ4n) is 2.49. The summed E-state index contributed by atoms with van der Waals surface area (Å²) in [6.07, 6.45) is 3.60. The van der Waals surface area contributed by atoms with Crippen molar-refractivity contribution >= 4 is 34.0 Å². The normalized spacial score (nSPS) is 21.3. The van der Waals surface area contributed by atoms with Crippen LogP contribution in [0.4, 0.5) is 5.69 Å².